The molecule has 5 nitrogen and oxygen atoms in total. The molecule has 2 N–H and O–H groups in total. The summed E-state index contributed by atoms with van der Waals surface area (Å²) >= 11 is 0. The van der Waals surface area contributed by atoms with E-state index in [0.717, 1.165) is 29.4 Å². The van der Waals surface area contributed by atoms with E-state index in [1.807, 2.05) is 24.3 Å². The molecule has 1 heterocycles. The zero-order valence-corrected chi connectivity index (χ0v) is 17.5. The molecule has 0 spiro atoms. The standard InChI is InChI=1S/C24H25F2N3O2/c1-15(12-16(2)29(3)14-18-13-19(25)9-10-20(18)26)23(30)28-22-11-8-17-6-4-5-7-21(17)27-24(22)31/h4-7,9-10,12-13,22H,1,8,11,14H2,2-3H3,(H,27,31)(H,28,30)/b16-12-/t22-/m0/s1. The highest BCUT2D eigenvalue weighted by atomic mass is 19.1. The van der Waals surface area contributed by atoms with E-state index in [0.29, 0.717) is 18.5 Å². The van der Waals surface area contributed by atoms with Gasteiger partial charge in [0.25, 0.3) is 5.91 Å². The van der Waals surface area contributed by atoms with Gasteiger partial charge in [-0.25, -0.2) is 8.78 Å². The molecule has 2 aromatic carbocycles. The lowest BCUT2D eigenvalue weighted by atomic mass is 10.1. The number of anilines is 1. The van der Waals surface area contributed by atoms with Crippen LogP contribution in [0.1, 0.15) is 24.5 Å². The Kier molecular flexibility index (Phi) is 6.84. The molecule has 0 fully saturated rings. The Bertz CT molecular complexity index is 1050. The maximum Gasteiger partial charge on any atom is 0.251 e. The fourth-order valence-electron chi connectivity index (χ4n) is 3.37. The number of allylic oxidation sites excluding steroid dienone is 1. The third-order valence-electron chi connectivity index (χ3n) is 5.29. The Morgan fingerprint density at radius 1 is 1.29 bits per heavy atom. The van der Waals surface area contributed by atoms with Gasteiger partial charge in [-0.3, -0.25) is 9.59 Å². The van der Waals surface area contributed by atoms with Gasteiger partial charge in [0.2, 0.25) is 5.91 Å². The highest BCUT2D eigenvalue weighted by Gasteiger charge is 2.25. The van der Waals surface area contributed by atoms with Crippen molar-refractivity contribution in [1.29, 1.82) is 0 Å². The summed E-state index contributed by atoms with van der Waals surface area (Å²) in [5, 5.41) is 5.57. The van der Waals surface area contributed by atoms with Crippen LogP contribution in [0.4, 0.5) is 14.5 Å². The second-order valence-electron chi connectivity index (χ2n) is 7.61. The molecule has 0 aromatic heterocycles. The number of hydrogen-bond donors (Lipinski definition) is 2. The zero-order valence-electron chi connectivity index (χ0n) is 17.5. The van der Waals surface area contributed by atoms with Gasteiger partial charge < -0.3 is 15.5 Å². The number of rotatable bonds is 6. The number of nitrogens with zero attached hydrogens (tertiary/aromatic N) is 1. The average Bonchev–Trinajstić information content (AvgIpc) is 2.89. The van der Waals surface area contributed by atoms with Gasteiger partial charge in [0, 0.05) is 36.1 Å². The molecule has 0 bridgehead atoms. The van der Waals surface area contributed by atoms with E-state index in [1.165, 1.54) is 0 Å². The van der Waals surface area contributed by atoms with Crippen molar-refractivity contribution >= 4 is 17.5 Å². The van der Waals surface area contributed by atoms with Crippen LogP contribution in [0, 0.1) is 11.6 Å². The average molecular weight is 425 g/mol. The van der Waals surface area contributed by atoms with Crippen molar-refractivity contribution in [3.63, 3.8) is 0 Å². The fraction of sp³-hybridized carbons (Fsp3) is 0.250. The predicted molar refractivity (Wildman–Crippen MR) is 116 cm³/mol. The topological polar surface area (TPSA) is 61.4 Å². The van der Waals surface area contributed by atoms with E-state index >= 15 is 0 Å². The number of benzene rings is 2. The molecule has 0 aliphatic carbocycles. The molecule has 162 valence electrons. The summed E-state index contributed by atoms with van der Waals surface area (Å²) in [5.74, 6) is -1.75. The van der Waals surface area contributed by atoms with Crippen LogP contribution in [0.25, 0.3) is 0 Å². The van der Waals surface area contributed by atoms with E-state index in [-0.39, 0.29) is 23.6 Å². The molecule has 0 radical (unpaired) electrons. The summed E-state index contributed by atoms with van der Waals surface area (Å²) in [6.45, 7) is 5.66. The number of fused-ring (bicyclic) bond motifs is 1. The largest absolute Gasteiger partial charge is 0.374 e. The Hall–Kier alpha value is -3.48. The molecule has 1 aliphatic rings. The van der Waals surface area contributed by atoms with E-state index in [2.05, 4.69) is 17.2 Å². The number of nitrogens with one attached hydrogen (secondary N) is 2. The van der Waals surface area contributed by atoms with Gasteiger partial charge in [0.05, 0.1) is 0 Å². The zero-order chi connectivity index (χ0) is 22.5. The van der Waals surface area contributed by atoms with E-state index < -0.39 is 23.6 Å². The minimum atomic E-state index is -0.676. The Balaban J connectivity index is 1.61. The van der Waals surface area contributed by atoms with Gasteiger partial charge in [0.1, 0.15) is 17.7 Å². The molecule has 0 unspecified atom stereocenters. The summed E-state index contributed by atoms with van der Waals surface area (Å²) in [6.07, 6.45) is 2.68. The van der Waals surface area contributed by atoms with E-state index in [9.17, 15) is 18.4 Å². The maximum atomic E-state index is 13.9. The number of para-hydroxylation sites is 1. The second-order valence-corrected chi connectivity index (χ2v) is 7.61. The Morgan fingerprint density at radius 2 is 2.03 bits per heavy atom. The molecular formula is C24H25F2N3O2. The number of aryl methyl sites for hydroxylation is 1. The van der Waals surface area contributed by atoms with Gasteiger partial charge in [-0.15, -0.1) is 0 Å². The van der Waals surface area contributed by atoms with Crippen LogP contribution in [0.3, 0.4) is 0 Å². The first-order valence-corrected chi connectivity index (χ1v) is 9.96. The van der Waals surface area contributed by atoms with Crippen LogP contribution in [0.15, 0.2) is 66.4 Å². The monoisotopic (exact) mass is 425 g/mol. The summed E-state index contributed by atoms with van der Waals surface area (Å²) < 4.78 is 27.3. The van der Waals surface area contributed by atoms with Crippen LogP contribution in [0.2, 0.25) is 0 Å². The molecule has 2 aromatic rings. The summed E-state index contributed by atoms with van der Waals surface area (Å²) in [6, 6.07) is 10.1. The predicted octanol–water partition coefficient (Wildman–Crippen LogP) is 3.93. The normalized spacial score (nSPS) is 16.1. The Labute approximate surface area is 180 Å². The van der Waals surface area contributed by atoms with Crippen LogP contribution in [-0.4, -0.2) is 29.8 Å². The first kappa shape index (κ1) is 22.2. The molecule has 7 heteroatoms. The number of amides is 2. The van der Waals surface area contributed by atoms with Crippen molar-refractivity contribution in [2.24, 2.45) is 0 Å². The molecule has 0 saturated heterocycles. The van der Waals surface area contributed by atoms with Crippen molar-refractivity contribution in [2.45, 2.75) is 32.4 Å². The van der Waals surface area contributed by atoms with Gasteiger partial charge in [-0.2, -0.15) is 0 Å². The SMILES string of the molecule is C=C(/C=C(/C)N(C)Cc1cc(F)ccc1F)C(=O)N[C@H]1CCc2ccccc2NC1=O. The highest BCUT2D eigenvalue weighted by Crippen LogP contribution is 2.22. The van der Waals surface area contributed by atoms with E-state index in [1.54, 1.807) is 24.9 Å². The van der Waals surface area contributed by atoms with Crippen LogP contribution >= 0.6 is 0 Å². The van der Waals surface area contributed by atoms with Gasteiger partial charge in [-0.1, -0.05) is 24.8 Å². The lowest BCUT2D eigenvalue weighted by Gasteiger charge is -2.21. The molecule has 3 rings (SSSR count). The summed E-state index contributed by atoms with van der Waals surface area (Å²) in [4.78, 5) is 26.8. The highest BCUT2D eigenvalue weighted by molar-refractivity contribution is 6.02. The molecule has 31 heavy (non-hydrogen) atoms. The third kappa shape index (κ3) is 5.57. The number of carbonyl (C=O) groups excluding carboxylic acids is 2. The fourth-order valence-corrected chi connectivity index (χ4v) is 3.37. The molecule has 1 atom stereocenters. The smallest absolute Gasteiger partial charge is 0.251 e. The minimum Gasteiger partial charge on any atom is -0.374 e. The molecule has 1 aliphatic heterocycles. The molecule has 2 amide bonds. The van der Waals surface area contributed by atoms with Crippen LogP contribution in [0.5, 0.6) is 0 Å². The minimum absolute atomic E-state index is 0.129. The van der Waals surface area contributed by atoms with Crippen molar-refractivity contribution < 1.29 is 18.4 Å². The summed E-state index contributed by atoms with van der Waals surface area (Å²) in [7, 11) is 1.71. The van der Waals surface area contributed by atoms with E-state index in [4.69, 9.17) is 0 Å². The van der Waals surface area contributed by atoms with Crippen molar-refractivity contribution in [1.82, 2.24) is 10.2 Å². The second kappa shape index (κ2) is 9.55. The molecule has 0 saturated carbocycles. The first-order valence-electron chi connectivity index (χ1n) is 9.96. The molecular weight excluding hydrogens is 400 g/mol. The summed E-state index contributed by atoms with van der Waals surface area (Å²) in [5.41, 5.74) is 2.79. The quantitative estimate of drug-likeness (QED) is 0.545. The first-order chi connectivity index (χ1) is 14.7. The number of carbonyl (C=O) groups is 2. The van der Waals surface area contributed by atoms with Crippen molar-refractivity contribution in [3.05, 3.63) is 89.2 Å². The Morgan fingerprint density at radius 3 is 2.81 bits per heavy atom. The lowest BCUT2D eigenvalue weighted by molar-refractivity contribution is -0.124. The maximum absolute atomic E-state index is 13.9. The number of hydrogen-bond acceptors (Lipinski definition) is 3. The van der Waals surface area contributed by atoms with Crippen LogP contribution < -0.4 is 10.6 Å². The van der Waals surface area contributed by atoms with Crippen molar-refractivity contribution in [3.8, 4) is 0 Å². The van der Waals surface area contributed by atoms with Gasteiger partial charge in [-0.05, 0) is 55.7 Å². The van der Waals surface area contributed by atoms with Gasteiger partial charge >= 0.3 is 0 Å². The number of halogens is 2. The van der Waals surface area contributed by atoms with Crippen molar-refractivity contribution in [2.75, 3.05) is 12.4 Å². The van der Waals surface area contributed by atoms with Gasteiger partial charge in [0.15, 0.2) is 0 Å². The lowest BCUT2D eigenvalue weighted by Crippen LogP contribution is -2.43. The van der Waals surface area contributed by atoms with Crippen LogP contribution in [-0.2, 0) is 22.6 Å². The third-order valence-corrected chi connectivity index (χ3v) is 5.29.